The number of carbonyl (C=O) groups excluding carboxylic acids is 6. The van der Waals surface area contributed by atoms with E-state index < -0.39 is 105 Å². The Morgan fingerprint density at radius 3 is 2.37 bits per heavy atom. The first-order valence-electron chi connectivity index (χ1n) is 21.0. The Balaban J connectivity index is 1.20. The van der Waals surface area contributed by atoms with Crippen LogP contribution in [0.4, 0.5) is 4.79 Å². The van der Waals surface area contributed by atoms with Crippen LogP contribution in [-0.2, 0) is 38.7 Å². The summed E-state index contributed by atoms with van der Waals surface area (Å²) >= 11 is 1.45. The summed E-state index contributed by atoms with van der Waals surface area (Å²) in [5.74, 6) is -5.91. The number of benzene rings is 1. The van der Waals surface area contributed by atoms with Gasteiger partial charge in [0.05, 0.1) is 33.1 Å². The normalized spacial score (nSPS) is 26.1. The van der Waals surface area contributed by atoms with E-state index >= 15 is 0 Å². The first-order valence-corrected chi connectivity index (χ1v) is 23.5. The van der Waals surface area contributed by atoms with E-state index in [4.69, 9.17) is 25.2 Å². The molecule has 3 aromatic rings. The molecule has 0 spiro atoms. The molecule has 2 aromatic heterocycles. The number of aromatic nitrogens is 2. The molecular formula is C43H53N7O10S2. The summed E-state index contributed by atoms with van der Waals surface area (Å²) < 4.78 is 40.1. The molecule has 332 valence electrons. The van der Waals surface area contributed by atoms with Crippen molar-refractivity contribution in [3.63, 3.8) is 0 Å². The van der Waals surface area contributed by atoms with Crippen molar-refractivity contribution in [2.45, 2.75) is 114 Å². The van der Waals surface area contributed by atoms with Gasteiger partial charge in [-0.05, 0) is 95.7 Å². The number of hydrogen-bond donors (Lipinski definition) is 4. The third kappa shape index (κ3) is 10.6. The highest BCUT2D eigenvalue weighted by Gasteiger charge is 2.62. The quantitative estimate of drug-likeness (QED) is 0.200. The van der Waals surface area contributed by atoms with Crippen LogP contribution in [0.25, 0.3) is 21.6 Å². The largest absolute Gasteiger partial charge is 0.473 e. The Hall–Kier alpha value is -5.43. The number of nitrogens with zero attached hydrogens (tertiary/aromatic N) is 3. The second-order valence-electron chi connectivity index (χ2n) is 17.6. The molecule has 3 saturated carbocycles. The van der Waals surface area contributed by atoms with Gasteiger partial charge in [0, 0.05) is 11.8 Å². The van der Waals surface area contributed by atoms with Crippen molar-refractivity contribution in [1.82, 2.24) is 30.2 Å². The predicted octanol–water partition coefficient (Wildman–Crippen LogP) is 3.91. The number of hydrogen-bond acceptors (Lipinski definition) is 13. The number of Topliss-reactive ketones (excluding diaryl/α,β-unsaturated/α-hetero) is 1. The van der Waals surface area contributed by atoms with Gasteiger partial charge in [-0.1, -0.05) is 43.2 Å². The molecule has 1 aromatic carbocycles. The maximum Gasteiger partial charge on any atom is 0.411 e. The fraction of sp³-hybridized carbons (Fsp3) is 0.535. The summed E-state index contributed by atoms with van der Waals surface area (Å²) in [6.45, 7) is 3.65. The van der Waals surface area contributed by atoms with Crippen LogP contribution in [-0.4, -0.2) is 100 Å². The molecule has 4 aliphatic rings. The van der Waals surface area contributed by atoms with Crippen molar-refractivity contribution in [2.75, 3.05) is 13.1 Å². The minimum atomic E-state index is -3.95. The Labute approximate surface area is 364 Å². The van der Waals surface area contributed by atoms with E-state index in [0.29, 0.717) is 55.3 Å². The summed E-state index contributed by atoms with van der Waals surface area (Å²) in [7, 11) is -3.95. The number of carbonyl (C=O) groups is 6. The van der Waals surface area contributed by atoms with Gasteiger partial charge in [0.15, 0.2) is 5.78 Å². The summed E-state index contributed by atoms with van der Waals surface area (Å²) in [5.41, 5.74) is 4.62. The van der Waals surface area contributed by atoms with E-state index in [1.54, 1.807) is 26.8 Å². The zero-order valence-corrected chi connectivity index (χ0v) is 36.6. The molecule has 0 saturated heterocycles. The van der Waals surface area contributed by atoms with Gasteiger partial charge < -0.3 is 25.8 Å². The van der Waals surface area contributed by atoms with Gasteiger partial charge in [0.25, 0.3) is 5.91 Å². The average molecular weight is 892 g/mol. The molecule has 62 heavy (non-hydrogen) atoms. The molecule has 5 N–H and O–H groups in total. The van der Waals surface area contributed by atoms with Gasteiger partial charge in [-0.2, -0.15) is 0 Å². The van der Waals surface area contributed by atoms with Crippen LogP contribution in [0.3, 0.4) is 0 Å². The summed E-state index contributed by atoms with van der Waals surface area (Å²) in [6, 6.07) is 9.96. The number of ketones is 1. The van der Waals surface area contributed by atoms with Crippen molar-refractivity contribution in [3.8, 4) is 16.5 Å². The second kappa shape index (κ2) is 18.1. The Morgan fingerprint density at radius 2 is 1.69 bits per heavy atom. The maximum absolute atomic E-state index is 14.9. The van der Waals surface area contributed by atoms with Crippen molar-refractivity contribution in [3.05, 3.63) is 53.9 Å². The van der Waals surface area contributed by atoms with E-state index in [1.165, 1.54) is 11.3 Å². The van der Waals surface area contributed by atoms with Gasteiger partial charge in [-0.3, -0.25) is 33.6 Å². The molecule has 0 bridgehead atoms. The smallest absolute Gasteiger partial charge is 0.411 e. The first-order chi connectivity index (χ1) is 29.4. The zero-order chi connectivity index (χ0) is 44.4. The molecule has 3 heterocycles. The van der Waals surface area contributed by atoms with Gasteiger partial charge in [-0.15, -0.1) is 11.3 Å². The first kappa shape index (κ1) is 44.6. The maximum atomic E-state index is 14.9. The topological polar surface area (TPSA) is 246 Å². The van der Waals surface area contributed by atoms with Crippen molar-refractivity contribution in [2.24, 2.45) is 23.5 Å². The Kier molecular flexibility index (Phi) is 13.0. The number of nitrogens with one attached hydrogen (secondary N) is 3. The molecule has 5 amide bonds. The van der Waals surface area contributed by atoms with Gasteiger partial charge >= 0.3 is 6.09 Å². The third-order valence-corrected chi connectivity index (χ3v) is 14.2. The monoisotopic (exact) mass is 891 g/mol. The number of ether oxygens (including phenoxy) is 2. The number of rotatable bonds is 11. The van der Waals surface area contributed by atoms with E-state index in [9.17, 15) is 37.2 Å². The van der Waals surface area contributed by atoms with Crippen molar-refractivity contribution in [1.29, 1.82) is 0 Å². The standard InChI is InChI=1S/C43H53N7O10S2/c1-42(2,3)60-41(56)50(23-34(44)51)24-35(52)45-32-15-8-6-4-5-7-12-25-22-43(25,40(55)49-62(57,58)27-17-18-27)48-38(54)29-21-26(20-28(29)37(32)53)59-39-36(33-16-11-19-61-33)46-30-13-9-10-14-31(30)47-39/h7,9-14,16,19,25-29,32H,4-6,8,15,17-18,20-24H2,1-3H3,(H2,44,51)(H,45,52)(H,48,54)(H,49,55)/b12-7-/t25?,26-,28?,29+,32+,43+/m0/s1. The minimum Gasteiger partial charge on any atom is -0.473 e. The van der Waals surface area contributed by atoms with E-state index in [-0.39, 0.29) is 31.6 Å². The third-order valence-electron chi connectivity index (χ3n) is 11.5. The molecule has 1 aliphatic heterocycles. The number of para-hydroxylation sites is 2. The molecule has 0 radical (unpaired) electrons. The summed E-state index contributed by atoms with van der Waals surface area (Å²) in [6.07, 6.45) is 5.90. The van der Waals surface area contributed by atoms with Crippen LogP contribution >= 0.6 is 11.3 Å². The van der Waals surface area contributed by atoms with Crippen molar-refractivity contribution < 1.29 is 46.7 Å². The Bertz CT molecular complexity index is 2360. The van der Waals surface area contributed by atoms with Gasteiger partial charge in [0.1, 0.15) is 36.0 Å². The highest BCUT2D eigenvalue weighted by Crippen LogP contribution is 2.47. The molecular weight excluding hydrogens is 839 g/mol. The molecule has 2 unspecified atom stereocenters. The molecule has 6 atom stereocenters. The van der Waals surface area contributed by atoms with E-state index in [2.05, 4.69) is 15.4 Å². The Morgan fingerprint density at radius 1 is 0.968 bits per heavy atom. The lowest BCUT2D eigenvalue weighted by Gasteiger charge is -2.28. The van der Waals surface area contributed by atoms with Crippen LogP contribution in [0.15, 0.2) is 53.9 Å². The van der Waals surface area contributed by atoms with Crippen LogP contribution < -0.4 is 25.8 Å². The average Bonchev–Trinajstić information content (AvgIpc) is 4.07. The predicted molar refractivity (Wildman–Crippen MR) is 229 cm³/mol. The summed E-state index contributed by atoms with van der Waals surface area (Å²) in [5, 5.41) is 6.91. The number of sulfonamides is 1. The number of nitrogens with two attached hydrogens (primary N) is 1. The number of primary amides is 1. The minimum absolute atomic E-state index is 0.0188. The van der Waals surface area contributed by atoms with Gasteiger partial charge in [0.2, 0.25) is 33.6 Å². The molecule has 7 rings (SSSR count). The highest BCUT2D eigenvalue weighted by molar-refractivity contribution is 7.91. The van der Waals surface area contributed by atoms with Crippen LogP contribution in [0.5, 0.6) is 5.88 Å². The van der Waals surface area contributed by atoms with Crippen LogP contribution in [0, 0.1) is 17.8 Å². The summed E-state index contributed by atoms with van der Waals surface area (Å²) in [4.78, 5) is 93.4. The lowest BCUT2D eigenvalue weighted by molar-refractivity contribution is -0.137. The number of amides is 5. The molecule has 3 aliphatic carbocycles. The van der Waals surface area contributed by atoms with Crippen LogP contribution in [0.2, 0.25) is 0 Å². The molecule has 3 fully saturated rings. The lowest BCUT2D eigenvalue weighted by Crippen LogP contribution is -2.55. The van der Waals surface area contributed by atoms with Gasteiger partial charge in [-0.25, -0.2) is 23.2 Å². The fourth-order valence-electron chi connectivity index (χ4n) is 8.17. The number of thiophene rings is 1. The number of fused-ring (bicyclic) bond motifs is 3. The van der Waals surface area contributed by atoms with E-state index in [1.807, 2.05) is 47.9 Å². The van der Waals surface area contributed by atoms with Crippen LogP contribution in [0.1, 0.15) is 85.0 Å². The highest BCUT2D eigenvalue weighted by atomic mass is 32.2. The lowest BCUT2D eigenvalue weighted by atomic mass is 9.85. The second-order valence-corrected chi connectivity index (χ2v) is 20.5. The van der Waals surface area contributed by atoms with Crippen molar-refractivity contribution >= 4 is 67.9 Å². The fourth-order valence-corrected chi connectivity index (χ4v) is 10.2. The van der Waals surface area contributed by atoms with E-state index in [0.717, 1.165) is 9.78 Å². The molecule has 17 nitrogen and oxygen atoms in total. The SMILES string of the molecule is CC(C)(C)OC(=O)N(CC(N)=O)CC(=O)N[C@@H]1CCCCC/C=C\C2C[C@@]2(C(=O)NS(=O)(=O)C2CC2)NC(=O)[C@@H]2C[C@@H](Oc3nc4ccccc4nc3-c3cccs3)CC2C1=O. The number of allylic oxidation sites excluding steroid dienone is 1. The molecule has 19 heteroatoms. The zero-order valence-electron chi connectivity index (χ0n) is 35.0.